The van der Waals surface area contributed by atoms with Crippen LogP contribution in [0.25, 0.3) is 0 Å². The van der Waals surface area contributed by atoms with Gasteiger partial charge in [0.2, 0.25) is 0 Å². The summed E-state index contributed by atoms with van der Waals surface area (Å²) in [5.74, 6) is -0.762. The number of rotatable bonds is 9. The molecule has 0 aromatic heterocycles. The molecule has 0 spiro atoms. The molecular weight excluding hydrogens is 456 g/mol. The molecule has 2 aromatic carbocycles. The zero-order chi connectivity index (χ0) is 25.8. The second kappa shape index (κ2) is 13.7. The summed E-state index contributed by atoms with van der Waals surface area (Å²) in [5.41, 5.74) is 2.42. The number of nitrogens with one attached hydrogen (secondary N) is 1. The van der Waals surface area contributed by atoms with E-state index in [4.69, 9.17) is 9.47 Å². The zero-order valence-corrected chi connectivity index (χ0v) is 20.6. The molecule has 0 saturated heterocycles. The van der Waals surface area contributed by atoms with E-state index in [0.29, 0.717) is 13.0 Å². The van der Waals surface area contributed by atoms with E-state index >= 15 is 0 Å². The third-order valence-electron chi connectivity index (χ3n) is 5.50. The first-order valence-corrected chi connectivity index (χ1v) is 12.1. The third kappa shape index (κ3) is 8.27. The van der Waals surface area contributed by atoms with E-state index in [1.165, 1.54) is 12.2 Å². The van der Waals surface area contributed by atoms with Gasteiger partial charge in [0.05, 0.1) is 6.61 Å². The van der Waals surface area contributed by atoms with Gasteiger partial charge < -0.3 is 14.8 Å². The predicted octanol–water partition coefficient (Wildman–Crippen LogP) is 5.62. The van der Waals surface area contributed by atoms with Crippen LogP contribution in [0, 0.1) is 0 Å². The Morgan fingerprint density at radius 1 is 1.03 bits per heavy atom. The number of anilines is 2. The van der Waals surface area contributed by atoms with Gasteiger partial charge in [-0.1, -0.05) is 48.6 Å². The number of alkyl carbamates (subject to hydrolysis) is 1. The van der Waals surface area contributed by atoms with Crippen molar-refractivity contribution in [2.24, 2.45) is 0 Å². The summed E-state index contributed by atoms with van der Waals surface area (Å²) in [6, 6.07) is 18.7. The van der Waals surface area contributed by atoms with Gasteiger partial charge >= 0.3 is 12.1 Å². The number of para-hydroxylation sites is 2. The largest absolute Gasteiger partial charge is 0.455 e. The Labute approximate surface area is 212 Å². The van der Waals surface area contributed by atoms with Crippen LogP contribution in [-0.2, 0) is 19.1 Å². The summed E-state index contributed by atoms with van der Waals surface area (Å²) in [6.45, 7) is 3.78. The second-order valence-electron chi connectivity index (χ2n) is 8.30. The van der Waals surface area contributed by atoms with E-state index in [0.717, 1.165) is 29.8 Å². The highest BCUT2D eigenvalue weighted by molar-refractivity contribution is 6.07. The van der Waals surface area contributed by atoms with E-state index in [2.05, 4.69) is 5.32 Å². The molecule has 0 bridgehead atoms. The van der Waals surface area contributed by atoms with Crippen LogP contribution >= 0.6 is 0 Å². The lowest BCUT2D eigenvalue weighted by Gasteiger charge is -2.22. The molecule has 188 valence electrons. The van der Waals surface area contributed by atoms with Crippen LogP contribution in [0.15, 0.2) is 96.6 Å². The van der Waals surface area contributed by atoms with Gasteiger partial charge in [0.15, 0.2) is 0 Å². The first-order chi connectivity index (χ1) is 17.5. The summed E-state index contributed by atoms with van der Waals surface area (Å²) in [5, 5.41) is 2.83. The molecule has 2 aromatic rings. The van der Waals surface area contributed by atoms with Crippen LogP contribution in [0.5, 0.6) is 0 Å². The number of carbonyl (C=O) groups excluding carboxylic acids is 3. The minimum atomic E-state index is -0.599. The van der Waals surface area contributed by atoms with Gasteiger partial charge in [-0.2, -0.15) is 0 Å². The topological polar surface area (TPSA) is 84.9 Å². The van der Waals surface area contributed by atoms with Gasteiger partial charge in [0.25, 0.3) is 5.91 Å². The summed E-state index contributed by atoms with van der Waals surface area (Å²) in [7, 11) is 0. The number of amides is 2. The van der Waals surface area contributed by atoms with Crippen LogP contribution in [0.3, 0.4) is 0 Å². The van der Waals surface area contributed by atoms with Crippen molar-refractivity contribution < 1.29 is 23.9 Å². The van der Waals surface area contributed by atoms with E-state index in [1.807, 2.05) is 66.7 Å². The monoisotopic (exact) mass is 488 g/mol. The van der Waals surface area contributed by atoms with E-state index in [-0.39, 0.29) is 11.9 Å². The summed E-state index contributed by atoms with van der Waals surface area (Å²) >= 11 is 0. The number of hydrogen-bond donors (Lipinski definition) is 1. The minimum Gasteiger partial charge on any atom is -0.455 e. The normalized spacial score (nSPS) is 16.3. The fourth-order valence-corrected chi connectivity index (χ4v) is 3.83. The molecule has 3 rings (SSSR count). The van der Waals surface area contributed by atoms with Gasteiger partial charge in [-0.25, -0.2) is 9.59 Å². The Morgan fingerprint density at radius 2 is 1.67 bits per heavy atom. The third-order valence-corrected chi connectivity index (χ3v) is 5.50. The lowest BCUT2D eigenvalue weighted by Crippen LogP contribution is -2.36. The van der Waals surface area contributed by atoms with Crippen LogP contribution in [0.2, 0.25) is 0 Å². The first-order valence-electron chi connectivity index (χ1n) is 12.1. The van der Waals surface area contributed by atoms with Crippen molar-refractivity contribution in [2.75, 3.05) is 11.5 Å². The maximum Gasteiger partial charge on any atom is 0.407 e. The summed E-state index contributed by atoms with van der Waals surface area (Å²) in [6.07, 6.45) is 9.28. The number of hydrogen-bond acceptors (Lipinski definition) is 5. The maximum absolute atomic E-state index is 13.1. The average Bonchev–Trinajstić information content (AvgIpc) is 2.88. The molecule has 2 amide bonds. The van der Waals surface area contributed by atoms with Crippen molar-refractivity contribution >= 4 is 29.3 Å². The molecule has 2 atom stereocenters. The number of ether oxygens (including phenoxy) is 2. The van der Waals surface area contributed by atoms with Crippen molar-refractivity contribution in [2.45, 2.75) is 45.3 Å². The fourth-order valence-electron chi connectivity index (χ4n) is 3.83. The molecule has 0 heterocycles. The smallest absolute Gasteiger partial charge is 0.407 e. The first kappa shape index (κ1) is 26.5. The van der Waals surface area contributed by atoms with Crippen molar-refractivity contribution in [1.29, 1.82) is 0 Å². The maximum atomic E-state index is 13.1. The van der Waals surface area contributed by atoms with Gasteiger partial charge in [-0.3, -0.25) is 9.69 Å². The highest BCUT2D eigenvalue weighted by atomic mass is 16.5. The van der Waals surface area contributed by atoms with Gasteiger partial charge in [0, 0.05) is 29.6 Å². The van der Waals surface area contributed by atoms with Crippen LogP contribution in [0.1, 0.15) is 33.1 Å². The van der Waals surface area contributed by atoms with Gasteiger partial charge in [-0.05, 0) is 69.0 Å². The second-order valence-corrected chi connectivity index (χ2v) is 8.30. The summed E-state index contributed by atoms with van der Waals surface area (Å²) in [4.78, 5) is 38.6. The molecule has 36 heavy (non-hydrogen) atoms. The Morgan fingerprint density at radius 3 is 2.28 bits per heavy atom. The molecule has 7 nitrogen and oxygen atoms in total. The molecule has 1 aliphatic rings. The average molecular weight is 489 g/mol. The Balaban J connectivity index is 1.55. The van der Waals surface area contributed by atoms with Crippen molar-refractivity contribution in [3.05, 3.63) is 96.6 Å². The minimum absolute atomic E-state index is 0.0326. The number of carbonyl (C=O) groups is 3. The van der Waals surface area contributed by atoms with Crippen molar-refractivity contribution in [1.82, 2.24) is 5.32 Å². The highest BCUT2D eigenvalue weighted by Crippen LogP contribution is 2.25. The van der Waals surface area contributed by atoms with Crippen LogP contribution < -0.4 is 10.2 Å². The number of nitrogens with zero attached hydrogens (tertiary/aromatic N) is 1. The molecule has 0 radical (unpaired) electrons. The van der Waals surface area contributed by atoms with Crippen LogP contribution in [-0.4, -0.2) is 36.7 Å². The molecule has 0 aliphatic heterocycles. The number of benzene rings is 2. The zero-order valence-electron chi connectivity index (χ0n) is 20.6. The lowest BCUT2D eigenvalue weighted by atomic mass is 9.94. The molecule has 1 N–H and O–H groups in total. The fraction of sp³-hybridized carbons (Fsp3) is 0.276. The van der Waals surface area contributed by atoms with Crippen LogP contribution in [0.4, 0.5) is 16.2 Å². The Kier molecular flexibility index (Phi) is 10.1. The SMILES string of the molecule is CCOC(=O)N[C@@H]1CCC=C(/C=C/C(=O)O[C@H](C)/C=C\C(=O)N(c2ccccc2)c2ccccc2)C1. The Bertz CT molecular complexity index is 1070. The quantitative estimate of drug-likeness (QED) is 0.366. The predicted molar refractivity (Wildman–Crippen MR) is 140 cm³/mol. The number of esters is 1. The molecular formula is C29H32N2O5. The van der Waals surface area contributed by atoms with Gasteiger partial charge in [-0.15, -0.1) is 0 Å². The molecule has 0 unspecified atom stereocenters. The van der Waals surface area contributed by atoms with E-state index in [1.54, 1.807) is 30.9 Å². The van der Waals surface area contributed by atoms with E-state index < -0.39 is 18.2 Å². The Hall–Kier alpha value is -4.13. The molecule has 0 fully saturated rings. The van der Waals surface area contributed by atoms with Crippen molar-refractivity contribution in [3.8, 4) is 0 Å². The molecule has 1 aliphatic carbocycles. The molecule has 0 saturated carbocycles. The van der Waals surface area contributed by atoms with Crippen molar-refractivity contribution in [3.63, 3.8) is 0 Å². The molecule has 7 heteroatoms. The van der Waals surface area contributed by atoms with Gasteiger partial charge in [0.1, 0.15) is 6.10 Å². The standard InChI is InChI=1S/C29H32N2O5/c1-3-35-29(34)30-24-12-10-11-23(21-24)18-20-28(33)36-22(2)17-19-27(32)31(25-13-6-4-7-14-25)26-15-8-5-9-16-26/h4-9,11,13-20,22,24H,3,10,12,21H2,1-2H3,(H,30,34)/b19-17-,20-18+/t22-,24-/m1/s1. The highest BCUT2D eigenvalue weighted by Gasteiger charge is 2.18. The lowest BCUT2D eigenvalue weighted by molar-refractivity contribution is -0.140. The number of allylic oxidation sites excluding steroid dienone is 2. The van der Waals surface area contributed by atoms with E-state index in [9.17, 15) is 14.4 Å². The summed E-state index contributed by atoms with van der Waals surface area (Å²) < 4.78 is 10.3.